The van der Waals surface area contributed by atoms with Crippen LogP contribution in [-0.4, -0.2) is 49.2 Å². The molecule has 0 aromatic rings. The van der Waals surface area contributed by atoms with Crippen molar-refractivity contribution in [3.63, 3.8) is 0 Å². The molecule has 140 valence electrons. The second kappa shape index (κ2) is 5.88. The van der Waals surface area contributed by atoms with Crippen molar-refractivity contribution >= 4 is 11.9 Å². The lowest BCUT2D eigenvalue weighted by Crippen LogP contribution is -2.40. The zero-order valence-corrected chi connectivity index (χ0v) is 14.4. The van der Waals surface area contributed by atoms with E-state index in [9.17, 15) is 14.8 Å². The van der Waals surface area contributed by atoms with E-state index in [1.807, 2.05) is 12.2 Å². The lowest BCUT2D eigenvalue weighted by Gasteiger charge is -2.28. The maximum atomic E-state index is 13.0. The molecule has 3 saturated carbocycles. The minimum absolute atomic E-state index is 0.0976. The van der Waals surface area contributed by atoms with Gasteiger partial charge in [0.15, 0.2) is 0 Å². The predicted octanol–water partition coefficient (Wildman–Crippen LogP) is 0.643. The predicted molar refractivity (Wildman–Crippen MR) is 87.7 cm³/mol. The van der Waals surface area contributed by atoms with Gasteiger partial charge in [0.1, 0.15) is 18.9 Å². The van der Waals surface area contributed by atoms with Crippen LogP contribution >= 0.6 is 0 Å². The highest BCUT2D eigenvalue weighted by molar-refractivity contribution is 5.90. The Kier molecular flexibility index (Phi) is 3.72. The van der Waals surface area contributed by atoms with E-state index in [2.05, 4.69) is 5.32 Å². The number of allylic oxidation sites excluding steroid dienone is 2. The van der Waals surface area contributed by atoms with Crippen LogP contribution in [0.15, 0.2) is 23.3 Å². The fourth-order valence-corrected chi connectivity index (χ4v) is 5.40. The monoisotopic (exact) mass is 361 g/mol. The van der Waals surface area contributed by atoms with E-state index < -0.39 is 29.9 Å². The summed E-state index contributed by atoms with van der Waals surface area (Å²) >= 11 is 0. The number of ether oxygens (including phenoxy) is 2. The molecular formula is C18H21N2O6-. The quantitative estimate of drug-likeness (QED) is 0.563. The molecule has 0 amide bonds. The highest BCUT2D eigenvalue weighted by Crippen LogP contribution is 2.54. The molecule has 4 bridgehead atoms. The number of nitrogens with zero attached hydrogens (tertiary/aromatic N) is 1. The van der Waals surface area contributed by atoms with E-state index >= 15 is 0 Å². The number of esters is 2. The van der Waals surface area contributed by atoms with E-state index in [4.69, 9.17) is 14.3 Å². The molecule has 5 aliphatic rings. The third kappa shape index (κ3) is 2.22. The second-order valence-electron chi connectivity index (χ2n) is 7.80. The van der Waals surface area contributed by atoms with Gasteiger partial charge in [-0.05, 0) is 26.3 Å². The molecule has 0 radical (unpaired) electrons. The number of fused-ring (bicyclic) bond motifs is 3. The zero-order valence-electron chi connectivity index (χ0n) is 14.4. The Morgan fingerprint density at radius 1 is 1.27 bits per heavy atom. The van der Waals surface area contributed by atoms with Gasteiger partial charge in [0.2, 0.25) is 0 Å². The van der Waals surface area contributed by atoms with Gasteiger partial charge in [-0.25, -0.2) is 0 Å². The Morgan fingerprint density at radius 2 is 2.00 bits per heavy atom. The fraction of sp³-hybridized carbons (Fsp3) is 0.667. The Hall–Kier alpha value is -1.74. The third-order valence-corrected chi connectivity index (χ3v) is 6.49. The van der Waals surface area contributed by atoms with Crippen molar-refractivity contribution in [3.8, 4) is 0 Å². The molecule has 8 nitrogen and oxygen atoms in total. The molecule has 4 aliphatic carbocycles. The van der Waals surface area contributed by atoms with Crippen LogP contribution in [0.2, 0.25) is 0 Å². The van der Waals surface area contributed by atoms with Crippen molar-refractivity contribution in [3.05, 3.63) is 28.5 Å². The van der Waals surface area contributed by atoms with Crippen LogP contribution < -0.4 is 5.32 Å². The van der Waals surface area contributed by atoms with Gasteiger partial charge in [-0.1, -0.05) is 23.3 Å². The van der Waals surface area contributed by atoms with Crippen molar-refractivity contribution < 1.29 is 23.9 Å². The van der Waals surface area contributed by atoms with Crippen molar-refractivity contribution in [1.82, 2.24) is 10.5 Å². The molecule has 1 heterocycles. The number of carbonyl (C=O) groups excluding carboxylic acids is 2. The fourth-order valence-electron chi connectivity index (χ4n) is 5.40. The van der Waals surface area contributed by atoms with Crippen LogP contribution in [0.25, 0.3) is 0 Å². The van der Waals surface area contributed by atoms with Crippen LogP contribution in [0.3, 0.4) is 0 Å². The summed E-state index contributed by atoms with van der Waals surface area (Å²) in [4.78, 5) is 30.8. The summed E-state index contributed by atoms with van der Waals surface area (Å²) in [5.74, 6) is -1.74. The smallest absolute Gasteiger partial charge is 0.315 e. The van der Waals surface area contributed by atoms with Crippen LogP contribution in [0, 0.1) is 28.9 Å². The van der Waals surface area contributed by atoms with Gasteiger partial charge < -0.3 is 19.5 Å². The Morgan fingerprint density at radius 3 is 2.73 bits per heavy atom. The Balaban J connectivity index is 1.31. The summed E-state index contributed by atoms with van der Waals surface area (Å²) in [6, 6.07) is -0.0976. The Labute approximate surface area is 150 Å². The van der Waals surface area contributed by atoms with E-state index in [0.717, 1.165) is 17.6 Å². The van der Waals surface area contributed by atoms with E-state index in [1.165, 1.54) is 0 Å². The third-order valence-electron chi connectivity index (χ3n) is 6.49. The Bertz CT molecular complexity index is 718. The topological polar surface area (TPSA) is 100 Å². The molecule has 4 fully saturated rings. The van der Waals surface area contributed by atoms with Crippen molar-refractivity contribution in [2.45, 2.75) is 37.5 Å². The lowest BCUT2D eigenvalue weighted by atomic mass is 9.88. The summed E-state index contributed by atoms with van der Waals surface area (Å²) < 4.78 is 11.0. The van der Waals surface area contributed by atoms with Crippen LogP contribution in [0.4, 0.5) is 0 Å². The first-order valence-electron chi connectivity index (χ1n) is 9.13. The maximum Gasteiger partial charge on any atom is 0.315 e. The van der Waals surface area contributed by atoms with Crippen LogP contribution in [0.1, 0.15) is 19.3 Å². The number of hydrogen-bond acceptors (Lipinski definition) is 8. The standard InChI is InChI=1S/C18H21N2O6/c1-19-7-24-17(21)13-8-2-3-9(4-8)14(13)18(22)25-15-10-5-11-12(6-10)20(23)26-16(11)15/h2-3,10-16,19H,4-7H2,1H3/q-1. The lowest BCUT2D eigenvalue weighted by molar-refractivity contribution is -0.177. The second-order valence-corrected chi connectivity index (χ2v) is 7.80. The number of hydroxylamine groups is 2. The zero-order chi connectivity index (χ0) is 18.0. The van der Waals surface area contributed by atoms with Gasteiger partial charge in [-0.2, -0.15) is 0 Å². The average Bonchev–Trinajstić information content (AvgIpc) is 3.40. The highest BCUT2D eigenvalue weighted by atomic mass is 16.9. The first-order chi connectivity index (χ1) is 12.6. The van der Waals surface area contributed by atoms with Gasteiger partial charge in [0.05, 0.1) is 11.8 Å². The first-order valence-corrected chi connectivity index (χ1v) is 9.13. The molecule has 7 atom stereocenters. The molecule has 7 unspecified atom stereocenters. The van der Waals surface area contributed by atoms with Crippen LogP contribution in [0.5, 0.6) is 0 Å². The molecule has 1 saturated heterocycles. The summed E-state index contributed by atoms with van der Waals surface area (Å²) in [6.07, 6.45) is 5.22. The highest BCUT2D eigenvalue weighted by Gasteiger charge is 2.61. The minimum Gasteiger partial charge on any atom is -0.762 e. The number of carbonyl (C=O) groups is 2. The molecule has 0 aromatic heterocycles. The largest absolute Gasteiger partial charge is 0.762 e. The summed E-state index contributed by atoms with van der Waals surface area (Å²) in [7, 11) is 1.69. The molecule has 8 heteroatoms. The molecule has 26 heavy (non-hydrogen) atoms. The molecular weight excluding hydrogens is 340 g/mol. The molecule has 0 aromatic carbocycles. The summed E-state index contributed by atoms with van der Waals surface area (Å²) in [6.45, 7) is 0.104. The molecule has 0 spiro atoms. The van der Waals surface area contributed by atoms with E-state index in [-0.39, 0.29) is 30.7 Å². The number of hydrogen-bond donors (Lipinski definition) is 1. The summed E-state index contributed by atoms with van der Waals surface area (Å²) in [5, 5.41) is 15.2. The van der Waals surface area contributed by atoms with Crippen molar-refractivity contribution in [1.29, 1.82) is 0 Å². The average molecular weight is 361 g/mol. The number of rotatable bonds is 5. The molecule has 1 aliphatic heterocycles. The summed E-state index contributed by atoms with van der Waals surface area (Å²) in [5.41, 5.74) is 1.80. The van der Waals surface area contributed by atoms with Gasteiger partial charge in [0.25, 0.3) is 0 Å². The van der Waals surface area contributed by atoms with Crippen LogP contribution in [-0.2, 0) is 23.9 Å². The van der Waals surface area contributed by atoms with Gasteiger partial charge in [-0.3, -0.25) is 20.1 Å². The maximum absolute atomic E-state index is 13.0. The van der Waals surface area contributed by atoms with Gasteiger partial charge in [-0.15, -0.1) is 0 Å². The van der Waals surface area contributed by atoms with Gasteiger partial charge in [0, 0.05) is 17.9 Å². The van der Waals surface area contributed by atoms with Gasteiger partial charge >= 0.3 is 11.9 Å². The van der Waals surface area contributed by atoms with E-state index in [1.54, 1.807) is 7.05 Å². The van der Waals surface area contributed by atoms with Crippen molar-refractivity contribution in [2.75, 3.05) is 13.8 Å². The molecule has 1 N–H and O–H groups in total. The first kappa shape index (κ1) is 16.4. The number of nitrogens with one attached hydrogen (secondary N) is 1. The SMILES string of the molecule is CNCOC(=O)C1C2=CC=C(C2)C1C(=O)OC1C2CC3C1ON([O-])C3C2. The minimum atomic E-state index is -0.626. The molecule has 5 rings (SSSR count). The van der Waals surface area contributed by atoms with Crippen molar-refractivity contribution in [2.24, 2.45) is 23.7 Å². The van der Waals surface area contributed by atoms with E-state index in [0.29, 0.717) is 18.1 Å². The normalized spacial score (nSPS) is 42.2.